The van der Waals surface area contributed by atoms with Gasteiger partial charge in [-0.15, -0.1) is 0 Å². The van der Waals surface area contributed by atoms with Crippen LogP contribution in [0.25, 0.3) is 0 Å². The van der Waals surface area contributed by atoms with Crippen LogP contribution < -0.4 is 69.8 Å². The highest BCUT2D eigenvalue weighted by Crippen LogP contribution is 2.29. The van der Waals surface area contributed by atoms with Crippen molar-refractivity contribution in [1.82, 2.24) is 91.7 Å². The van der Waals surface area contributed by atoms with E-state index >= 15 is 0 Å². The minimum atomic E-state index is -0.445. The van der Waals surface area contributed by atoms with Crippen LogP contribution in [-0.4, -0.2) is 155 Å². The number of H-pyrrole nitrogens is 3. The van der Waals surface area contributed by atoms with E-state index in [-0.39, 0.29) is 52.9 Å². The number of aryl methyl sites for hydroxylation is 3. The first-order valence-corrected chi connectivity index (χ1v) is 43.3. The van der Waals surface area contributed by atoms with Gasteiger partial charge in [0.15, 0.2) is 17.5 Å². The number of amidine groups is 1. The number of aliphatic imine (C=N–C) groups is 1. The molecule has 5 aliphatic carbocycles. The molecule has 1 aliphatic heterocycles. The summed E-state index contributed by atoms with van der Waals surface area (Å²) in [5, 5.41) is 68.4. The number of amides is 4. The number of nitrogens with two attached hydrogens (primary N) is 3. The molecule has 2 unspecified atom stereocenters. The summed E-state index contributed by atoms with van der Waals surface area (Å²) in [6, 6.07) is 39.2. The van der Waals surface area contributed by atoms with Crippen LogP contribution in [0.4, 0.5) is 61.2 Å². The monoisotopic (exact) mass is 1760 g/mol. The second-order valence-electron chi connectivity index (χ2n) is 31.6. The average Bonchev–Trinajstić information content (AvgIpc) is 1.69. The zero-order valence-corrected chi connectivity index (χ0v) is 73.7. The van der Waals surface area contributed by atoms with Gasteiger partial charge in [0.05, 0.1) is 29.8 Å². The number of halogens is 3. The Hall–Kier alpha value is -12.6. The minimum absolute atomic E-state index is 0.0187. The number of aromatic amines is 3. The first-order valence-electron chi connectivity index (χ1n) is 42.2. The van der Waals surface area contributed by atoms with Gasteiger partial charge in [-0.05, 0) is 267 Å². The van der Waals surface area contributed by atoms with Crippen LogP contribution in [0.5, 0.6) is 5.75 Å². The number of anilines is 8. The number of nitriles is 2. The first-order chi connectivity index (χ1) is 60.3. The number of ether oxygens (including phenoxy) is 2. The molecule has 0 bridgehead atoms. The van der Waals surface area contributed by atoms with Crippen LogP contribution in [0.1, 0.15) is 182 Å². The molecule has 0 saturated heterocycles. The number of fused-ring (bicyclic) bond motifs is 2. The van der Waals surface area contributed by atoms with Crippen molar-refractivity contribution in [2.75, 3.05) is 33.1 Å². The summed E-state index contributed by atoms with van der Waals surface area (Å²) in [7, 11) is 0. The number of rotatable bonds is 19. The summed E-state index contributed by atoms with van der Waals surface area (Å²) in [6.07, 6.45) is 26.4. The van der Waals surface area contributed by atoms with Crippen LogP contribution >= 0.6 is 34.8 Å². The van der Waals surface area contributed by atoms with E-state index in [0.717, 1.165) is 186 Å². The molecule has 4 amide bonds. The van der Waals surface area contributed by atoms with Crippen LogP contribution in [-0.2, 0) is 49.7 Å². The Labute approximate surface area is 743 Å². The van der Waals surface area contributed by atoms with Crippen molar-refractivity contribution in [3.63, 3.8) is 0 Å². The van der Waals surface area contributed by atoms with Gasteiger partial charge in [0.1, 0.15) is 39.8 Å². The number of aromatic nitrogens is 14. The van der Waals surface area contributed by atoms with Gasteiger partial charge in [0.25, 0.3) is 0 Å². The van der Waals surface area contributed by atoms with Gasteiger partial charge >= 0.3 is 18.2 Å². The third-order valence-electron chi connectivity index (χ3n) is 20.7. The van der Waals surface area contributed by atoms with Gasteiger partial charge in [0.2, 0.25) is 22.5 Å². The molecule has 18 N–H and O–H groups in total. The molecule has 0 spiro atoms. The van der Waals surface area contributed by atoms with Crippen LogP contribution in [0, 0.1) is 22.7 Å². The molecule has 8 heterocycles. The minimum Gasteiger partial charge on any atom is -0.444 e. The Kier molecular flexibility index (Phi) is 36.7. The Morgan fingerprint density at radius 1 is 0.472 bits per heavy atom. The van der Waals surface area contributed by atoms with Crippen LogP contribution in [0.15, 0.2) is 151 Å². The van der Waals surface area contributed by atoms with Crippen molar-refractivity contribution < 1.29 is 23.9 Å². The van der Waals surface area contributed by atoms with E-state index in [9.17, 15) is 14.4 Å². The summed E-state index contributed by atoms with van der Waals surface area (Å²) in [5.74, 6) is 6.72. The predicted molar refractivity (Wildman–Crippen MR) is 487 cm³/mol. The number of para-hydroxylation sites is 1. The van der Waals surface area contributed by atoms with E-state index in [0.29, 0.717) is 69.5 Å². The topological polar surface area (TPSA) is 505 Å². The molecular weight excluding hydrogens is 1650 g/mol. The van der Waals surface area contributed by atoms with E-state index in [1.807, 2.05) is 112 Å². The van der Waals surface area contributed by atoms with Crippen molar-refractivity contribution in [1.29, 1.82) is 10.5 Å². The third kappa shape index (κ3) is 33.2. The van der Waals surface area contributed by atoms with Gasteiger partial charge in [-0.25, -0.2) is 44.3 Å². The smallest absolute Gasteiger partial charge is 0.412 e. The number of urea groups is 1. The highest BCUT2D eigenvalue weighted by molar-refractivity contribution is 6.31. The number of nitrogens with zero attached hydrogens (tertiary/aromatic N) is 14. The van der Waals surface area contributed by atoms with Gasteiger partial charge in [0, 0.05) is 108 Å². The SMILES string of the molecule is CC(C)(C)OC(=O)NC1CCC(N)CC1.CCC1=CC(N)=NC1.CCc1cc(Nc2ccnc(Cl)n2)n[nH]1.CCc1cc(Nc2ccnc(NC3CCC(N)CC3)n2)n[nH]1.CCc1cc(Nc2ccnc(NC3CCC(NC(=O)NC4Cc5ccc(C#N)cc5C4)CC3)n2)n[nH]1.Clc1ccnc(Cl)n1.N#Cc1ccc2c(c1)CC(NC(=O)Oc1ccccc1)C2. The number of alkyl carbamates (subject to hydrolysis) is 1. The Bertz CT molecular complexity index is 5220. The quantitative estimate of drug-likeness (QED) is 0.0264. The number of nitrogens with one attached hydrogen (secondary N) is 12. The Morgan fingerprint density at radius 2 is 0.888 bits per heavy atom. The van der Waals surface area contributed by atoms with Gasteiger partial charge in [-0.3, -0.25) is 20.3 Å². The second-order valence-corrected chi connectivity index (χ2v) is 32.7. The highest BCUT2D eigenvalue weighted by Gasteiger charge is 2.29. The summed E-state index contributed by atoms with van der Waals surface area (Å²) >= 11 is 16.4. The van der Waals surface area contributed by atoms with Crippen molar-refractivity contribution in [3.05, 3.63) is 212 Å². The van der Waals surface area contributed by atoms with Crippen molar-refractivity contribution >= 4 is 106 Å². The maximum absolute atomic E-state index is 12.6. The molecule has 2 atom stereocenters. The lowest BCUT2D eigenvalue weighted by Gasteiger charge is -2.30. The molecule has 10 aromatic rings. The molecule has 16 rings (SSSR count). The molecule has 37 heteroatoms. The molecule has 125 heavy (non-hydrogen) atoms. The lowest BCUT2D eigenvalue weighted by molar-refractivity contribution is 0.0491. The van der Waals surface area contributed by atoms with E-state index < -0.39 is 11.7 Å². The molecule has 3 saturated carbocycles. The van der Waals surface area contributed by atoms with E-state index in [2.05, 4.69) is 163 Å². The molecule has 3 aromatic carbocycles. The van der Waals surface area contributed by atoms with E-state index in [1.165, 1.54) is 22.9 Å². The molecular formula is C88H112Cl3N29O5. The zero-order valence-electron chi connectivity index (χ0n) is 71.4. The van der Waals surface area contributed by atoms with Gasteiger partial charge < -0.3 is 74.5 Å². The normalized spacial score (nSPS) is 18.7. The van der Waals surface area contributed by atoms with Crippen molar-refractivity contribution in [3.8, 4) is 17.9 Å². The van der Waals surface area contributed by atoms with E-state index in [1.54, 1.807) is 42.9 Å². The highest BCUT2D eigenvalue weighted by atomic mass is 35.5. The molecule has 34 nitrogen and oxygen atoms in total. The van der Waals surface area contributed by atoms with Crippen molar-refractivity contribution in [2.24, 2.45) is 22.2 Å². The van der Waals surface area contributed by atoms with Gasteiger partial charge in [-0.1, -0.05) is 69.6 Å². The molecule has 660 valence electrons. The fourth-order valence-corrected chi connectivity index (χ4v) is 14.6. The predicted octanol–water partition coefficient (Wildman–Crippen LogP) is 15.0. The molecule has 0 radical (unpaired) electrons. The summed E-state index contributed by atoms with van der Waals surface area (Å²) in [6.45, 7) is 14.7. The summed E-state index contributed by atoms with van der Waals surface area (Å²) in [4.78, 5) is 72.6. The lowest BCUT2D eigenvalue weighted by atomic mass is 9.91. The van der Waals surface area contributed by atoms with Crippen LogP contribution in [0.3, 0.4) is 0 Å². The number of hydrogen-bond donors (Lipinski definition) is 15. The molecule has 7 aromatic heterocycles. The Balaban J connectivity index is 0.000000161. The fourth-order valence-electron chi connectivity index (χ4n) is 14.2. The fraction of sp³-hybridized carbons (Fsp3) is 0.420. The Morgan fingerprint density at radius 3 is 1.30 bits per heavy atom. The second kappa shape index (κ2) is 48.5. The molecule has 3 fully saturated rings. The lowest BCUT2D eigenvalue weighted by Crippen LogP contribution is -2.48. The standard InChI is InChI=1S/C26H31N9O.C17H14N2O2.C15H23N7.C11H22N2O2.C9H10ClN5.C6H10N2.C4H2Cl2N2/c1-2-19-14-24(35-34-19)32-23-9-10-28-25(33-23)29-20-5-7-21(8-6-20)30-26(36)31-22-12-17-4-3-16(15-27)11-18(17)13-22;18-11-12-6-7-13-9-15(10-14(13)8-12)19-17(20)21-16-4-2-1-3-5-16;1-2-11-9-14(22-21-11)19-13-7-8-17-15(20-13)18-12-5-3-10(16)4-6-12;1-11(2,3)15-10(14)13-9-6-4-8(12)5-7-9;1-2-6-5-8(15-14-6)12-7-3-4-11-9(10)13-7;1-2-5-3-6(7)8-4-5;5-3-1-2-7-4(6)8-3/h3-4,9-11,14,20-22H,2,5-8,12-13H2,1H3,(H2,30,31,36)(H3,28,29,32,33,34,35);1-8,15H,9-10H2,(H,19,20);7-10,12H,2-6,16H2,1H3,(H3,17,18,19,20,21,22);8-9H,4-7,12H2,1-3H3,(H,13,14);3-5H,2H2,1H3,(H2,11,12,13,14,15);3H,2,4H2,1H3,(H2,7,8);1-2H. The number of carbonyl (C=O) groups excluding carboxylic acids is 3. The zero-order chi connectivity index (χ0) is 89.0. The van der Waals surface area contributed by atoms with E-state index in [4.69, 9.17) is 72.0 Å². The number of carbonyl (C=O) groups is 3. The average molecular weight is 1760 g/mol. The number of benzene rings is 3. The maximum atomic E-state index is 12.6. The van der Waals surface area contributed by atoms with Crippen molar-refractivity contribution in [2.45, 2.75) is 231 Å². The maximum Gasteiger partial charge on any atom is 0.412 e. The summed E-state index contributed by atoms with van der Waals surface area (Å²) < 4.78 is 10.4. The third-order valence-corrected chi connectivity index (χ3v) is 21.3. The first kappa shape index (κ1) is 94.6. The summed E-state index contributed by atoms with van der Waals surface area (Å²) in [5.41, 5.74) is 27.2. The largest absolute Gasteiger partial charge is 0.444 e. The molecule has 6 aliphatic rings. The van der Waals surface area contributed by atoms with Crippen LogP contribution in [0.2, 0.25) is 15.7 Å². The van der Waals surface area contributed by atoms with Gasteiger partial charge in [-0.2, -0.15) is 35.8 Å². The number of hydrogen-bond acceptors (Lipinski definition) is 27.